The van der Waals surface area contributed by atoms with E-state index >= 15 is 0 Å². The molecule has 0 aromatic heterocycles. The van der Waals surface area contributed by atoms with Gasteiger partial charge in [-0.25, -0.2) is 38.4 Å². The zero-order chi connectivity index (χ0) is 87.8. The predicted molar refractivity (Wildman–Crippen MR) is 467 cm³/mol. The first-order chi connectivity index (χ1) is 58.5. The molecule has 0 saturated carbocycles. The van der Waals surface area contributed by atoms with Crippen LogP contribution < -0.4 is 3.58 Å². The smallest absolute Gasteiger partial charge is 0.347 e. The summed E-state index contributed by atoms with van der Waals surface area (Å²) in [5, 5.41) is 3.08. The number of carbonyl (C=O) groups is 16. The monoisotopic (exact) mass is 1890 g/mol. The molecule has 636 valence electrons. The molecule has 0 spiro atoms. The molecule has 0 N–H and O–H groups in total. The maximum Gasteiger partial charge on any atom is 0.347 e. The molecule has 122 heavy (non-hydrogen) atoms. The van der Waals surface area contributed by atoms with Crippen molar-refractivity contribution in [3.63, 3.8) is 0 Å². The Kier molecular flexibility index (Phi) is 27.4. The van der Waals surface area contributed by atoms with E-state index in [0.717, 1.165) is 158 Å². The number of halogens is 2. The molecule has 0 atom stereocenters. The van der Waals surface area contributed by atoms with Crippen LogP contribution in [0.1, 0.15) is 372 Å². The average molecular weight is 1890 g/mol. The van der Waals surface area contributed by atoms with Crippen LogP contribution in [0.15, 0.2) is 69.6 Å². The van der Waals surface area contributed by atoms with Gasteiger partial charge in [-0.05, 0) is 118 Å². The molecule has 8 aromatic rings. The van der Waals surface area contributed by atoms with Gasteiger partial charge in [0.2, 0.25) is 0 Å². The van der Waals surface area contributed by atoms with Crippen molar-refractivity contribution in [3.8, 4) is 0 Å². The van der Waals surface area contributed by atoms with Crippen LogP contribution in [-0.4, -0.2) is 159 Å². The molecule has 8 aliphatic rings. The molecule has 0 radical (unpaired) electrons. The van der Waals surface area contributed by atoms with Crippen molar-refractivity contribution >= 4 is 192 Å². The Labute approximate surface area is 727 Å². The maximum absolute atomic E-state index is 14.8. The van der Waals surface area contributed by atoms with Gasteiger partial charge in [-0.3, -0.25) is 29.0 Å². The normalized spacial score (nSPS) is 15.3. The van der Waals surface area contributed by atoms with Gasteiger partial charge in [0.1, 0.15) is 0 Å². The van der Waals surface area contributed by atoms with Gasteiger partial charge < -0.3 is 18.9 Å². The third kappa shape index (κ3) is 16.0. The molecule has 8 amide bonds. The number of benzene rings is 8. The van der Waals surface area contributed by atoms with Gasteiger partial charge >= 0.3 is 331 Å². The third-order valence-electron chi connectivity index (χ3n) is 24.6. The average Bonchev–Trinajstić information content (AvgIpc) is 0.701. The Balaban J connectivity index is 0.000000147. The second-order valence-corrected chi connectivity index (χ2v) is 47.5. The van der Waals surface area contributed by atoms with Gasteiger partial charge in [0, 0.05) is 65.5 Å². The maximum atomic E-state index is 14.8. The van der Waals surface area contributed by atoms with E-state index < -0.39 is 66.1 Å². The Morgan fingerprint density at radius 1 is 0.246 bits per heavy atom. The van der Waals surface area contributed by atoms with Gasteiger partial charge in [0.25, 0.3) is 23.6 Å². The van der Waals surface area contributed by atoms with Crippen LogP contribution >= 0.6 is 31.9 Å². The summed E-state index contributed by atoms with van der Waals surface area (Å²) in [5.41, 5.74) is 6.82. The number of nitrogens with zero attached hydrogens (tertiary/aromatic N) is 4. The number of ether oxygens (including phenoxy) is 4. The van der Waals surface area contributed by atoms with Gasteiger partial charge in [-0.15, -0.1) is 0 Å². The van der Waals surface area contributed by atoms with Crippen LogP contribution in [0.3, 0.4) is 0 Å². The van der Waals surface area contributed by atoms with Crippen molar-refractivity contribution in [2.45, 2.75) is 224 Å². The van der Waals surface area contributed by atoms with Gasteiger partial charge in [0.15, 0.2) is 0 Å². The third-order valence-corrected chi connectivity index (χ3v) is 41.5. The first-order valence-corrected chi connectivity index (χ1v) is 51.9. The van der Waals surface area contributed by atoms with Gasteiger partial charge in [0.05, 0.1) is 55.6 Å². The van der Waals surface area contributed by atoms with Crippen molar-refractivity contribution in [3.05, 3.63) is 175 Å². The van der Waals surface area contributed by atoms with Crippen LogP contribution in [0.4, 0.5) is 0 Å². The standard InChI is InChI=1S/C27H31BrN2O4.C27H31N2O4.C15H5BrO6.C14H4O6.3C4H9.Sn/c1-4-6-8-10-12-29-25(32)18-15-19(28)23-22-17(14-16(3)20(21(18)22)26(29)33)24(31)30(27(23)34)13-11-9-7-5-2;1-4-6-8-10-14-28-24(30)18-12-13-19-23-21(17(3)16-20(22(18)23)26(28)32)27(33)29(25(19)31)15-11-9-7-5-2;1-4-2-5-10-9-6(13(18)21-14(19)8(4)9)3-7(16)11(10)15(20)22-12(5)17;15-11-5-1-2-6-10-8(14(18)20-12(6)16)4-3-7(9(5)10)13(17)19-11;3*1-3-4-2;/h14-15H,4-13H2,1-3H3;13,16H,4-11,14-15H2,1-3H3;2-3H,1H3;1-4H;3*1,3-4H2,2H3;. The Bertz CT molecular complexity index is 5590. The number of hydrogen-bond acceptors (Lipinski definition) is 20. The summed E-state index contributed by atoms with van der Waals surface area (Å²) in [6.07, 6.45) is 22.1. The van der Waals surface area contributed by atoms with Crippen molar-refractivity contribution in [1.82, 2.24) is 19.6 Å². The van der Waals surface area contributed by atoms with Gasteiger partial charge in [-0.2, -0.15) is 0 Å². The van der Waals surface area contributed by atoms with E-state index in [1.54, 1.807) is 26.0 Å². The number of aryl methyl sites for hydroxylation is 3. The molecule has 8 aliphatic heterocycles. The number of cyclic esters (lactones) is 8. The van der Waals surface area contributed by atoms with Crippen LogP contribution in [-0.2, 0) is 18.9 Å². The van der Waals surface area contributed by atoms with Crippen molar-refractivity contribution < 1.29 is 95.7 Å². The van der Waals surface area contributed by atoms with Crippen molar-refractivity contribution in [2.24, 2.45) is 0 Å². The molecule has 0 saturated heterocycles. The minimum atomic E-state index is -3.36. The number of carbonyl (C=O) groups excluding carboxylic acids is 16. The quantitative estimate of drug-likeness (QED) is 0.0101. The molecule has 8 aromatic carbocycles. The van der Waals surface area contributed by atoms with Gasteiger partial charge in [-0.1, -0.05) is 52.4 Å². The molecule has 0 unspecified atom stereocenters. The summed E-state index contributed by atoms with van der Waals surface area (Å²) >= 11 is 3.35. The second kappa shape index (κ2) is 37.4. The van der Waals surface area contributed by atoms with E-state index in [1.807, 2.05) is 13.0 Å². The zero-order valence-corrected chi connectivity index (χ0v) is 76.5. The number of esters is 8. The fraction of sp³-hybridized carbons (Fsp3) is 0.411. The molecule has 16 rings (SSSR count). The van der Waals surface area contributed by atoms with Crippen LogP contribution in [0.25, 0.3) is 43.1 Å². The summed E-state index contributed by atoms with van der Waals surface area (Å²) in [4.78, 5) is 212. The van der Waals surface area contributed by atoms with E-state index in [4.69, 9.17) is 9.47 Å². The molecule has 0 fully saturated rings. The molecule has 24 nitrogen and oxygen atoms in total. The summed E-state index contributed by atoms with van der Waals surface area (Å²) in [6.45, 7) is 22.1. The van der Waals surface area contributed by atoms with Crippen LogP contribution in [0.5, 0.6) is 0 Å². The minimum Gasteiger partial charge on any atom is -0.386 e. The fourth-order valence-electron chi connectivity index (χ4n) is 18.5. The van der Waals surface area contributed by atoms with Crippen molar-refractivity contribution in [2.75, 3.05) is 26.2 Å². The first-order valence-electron chi connectivity index (χ1n) is 42.9. The first kappa shape index (κ1) is 89.4. The number of unbranched alkanes of at least 4 members (excludes halogenated alkanes) is 15. The zero-order valence-electron chi connectivity index (χ0n) is 70.5. The molecule has 8 heterocycles. The topological polar surface area (TPSA) is 323 Å². The molecular weight excluding hydrogens is 1800 g/mol. The predicted octanol–water partition coefficient (Wildman–Crippen LogP) is 19.8. The second-order valence-electron chi connectivity index (χ2n) is 32.7. The van der Waals surface area contributed by atoms with Crippen LogP contribution in [0.2, 0.25) is 13.3 Å². The Morgan fingerprint density at radius 2 is 0.500 bits per heavy atom. The minimum absolute atomic E-state index is 0.122. The summed E-state index contributed by atoms with van der Waals surface area (Å²) in [5.74, 6) is -8.83. The summed E-state index contributed by atoms with van der Waals surface area (Å²) < 4.78 is 24.0. The van der Waals surface area contributed by atoms with E-state index in [-0.39, 0.29) is 113 Å². The molecule has 0 aliphatic carbocycles. The van der Waals surface area contributed by atoms with E-state index in [9.17, 15) is 76.7 Å². The number of hydrogen-bond donors (Lipinski definition) is 0. The Morgan fingerprint density at radius 3 is 0.877 bits per heavy atom. The SMILES string of the molecule is CCCCCCN1C(=O)c2c[c]([Sn]([CH2]CCC)([CH2]CCC)[CH2]CCC)c3c4c(cc(C)c(c24)C1=O)C(=O)N(CCCCCC)C3=O.CCCCCCN1C(=O)c2cc(Br)c3c4c(cc(C)c(c24)C1=O)C(=O)N(CCCCCC)C3=O.Cc1cc2c3c(c(Br)cc4c3c1C(=O)OC4=O)C(=O)OC2=O.O=C1OC(=O)c2ccc3c4c(ccc1c24)C(=O)OC3=O. The molecule has 27 heteroatoms. The molecular formula is C95H98Br2N4O20Sn. The summed E-state index contributed by atoms with van der Waals surface area (Å²) in [7, 11) is 0. The van der Waals surface area contributed by atoms with E-state index in [2.05, 4.69) is 95.9 Å². The molecule has 0 bridgehead atoms. The largest absolute Gasteiger partial charge is 0.386 e. The summed E-state index contributed by atoms with van der Waals surface area (Å²) in [6, 6.07) is 15.7. The number of rotatable bonds is 30. The fourth-order valence-corrected chi connectivity index (χ4v) is 36.4. The number of amides is 8. The Hall–Kier alpha value is -10.3. The van der Waals surface area contributed by atoms with E-state index in [1.165, 1.54) is 56.0 Å². The van der Waals surface area contributed by atoms with E-state index in [0.29, 0.717) is 118 Å². The number of imide groups is 4. The van der Waals surface area contributed by atoms with Crippen molar-refractivity contribution in [1.29, 1.82) is 0 Å². The van der Waals surface area contributed by atoms with Crippen LogP contribution in [0, 0.1) is 20.8 Å².